The van der Waals surface area contributed by atoms with E-state index in [0.717, 1.165) is 5.56 Å². The highest BCUT2D eigenvalue weighted by Crippen LogP contribution is 2.32. The molecule has 0 saturated carbocycles. The summed E-state index contributed by atoms with van der Waals surface area (Å²) in [4.78, 5) is 14.6. The van der Waals surface area contributed by atoms with Crippen molar-refractivity contribution in [3.63, 3.8) is 0 Å². The molecule has 6 nitrogen and oxygen atoms in total. The maximum Gasteiger partial charge on any atom is 0.238 e. The summed E-state index contributed by atoms with van der Waals surface area (Å²) in [5.41, 5.74) is 2.38. The van der Waals surface area contributed by atoms with E-state index in [1.54, 1.807) is 24.3 Å². The van der Waals surface area contributed by atoms with Gasteiger partial charge in [-0.1, -0.05) is 12.1 Å². The summed E-state index contributed by atoms with van der Waals surface area (Å²) >= 11 is 0. The third kappa shape index (κ3) is 4.99. The molecule has 0 atom stereocenters. The van der Waals surface area contributed by atoms with Crippen LogP contribution in [0.2, 0.25) is 0 Å². The minimum atomic E-state index is -0.0889. The van der Waals surface area contributed by atoms with Crippen molar-refractivity contribution < 1.29 is 14.3 Å². The van der Waals surface area contributed by atoms with Crippen LogP contribution in [0.25, 0.3) is 0 Å². The molecule has 2 aromatic carbocycles. The number of benzene rings is 2. The minimum absolute atomic E-state index is 0.0889. The fraction of sp³-hybridized carbons (Fsp3) is 0.333. The van der Waals surface area contributed by atoms with Crippen LogP contribution in [-0.2, 0) is 11.3 Å². The predicted octanol–water partition coefficient (Wildman–Crippen LogP) is 3.18. The Morgan fingerprint density at radius 3 is 2.52 bits per heavy atom. The number of nitrogens with zero attached hydrogens (tertiary/aromatic N) is 2. The van der Waals surface area contributed by atoms with Crippen molar-refractivity contribution in [1.82, 2.24) is 4.90 Å². The van der Waals surface area contributed by atoms with E-state index in [0.29, 0.717) is 42.5 Å². The largest absolute Gasteiger partial charge is 0.486 e. The topological polar surface area (TPSA) is 74.6 Å². The summed E-state index contributed by atoms with van der Waals surface area (Å²) in [5, 5.41) is 11.8. The molecule has 0 radical (unpaired) electrons. The highest BCUT2D eigenvalue weighted by atomic mass is 16.6. The Balaban J connectivity index is 1.62. The van der Waals surface area contributed by atoms with Gasteiger partial charge in [0.15, 0.2) is 11.5 Å². The lowest BCUT2D eigenvalue weighted by Gasteiger charge is -2.26. The van der Waals surface area contributed by atoms with Crippen LogP contribution in [0.4, 0.5) is 5.69 Å². The average Bonchev–Trinajstić information content (AvgIpc) is 2.68. The van der Waals surface area contributed by atoms with E-state index in [1.807, 2.05) is 18.2 Å². The summed E-state index contributed by atoms with van der Waals surface area (Å²) in [7, 11) is 0. The summed E-state index contributed by atoms with van der Waals surface area (Å²) in [5.74, 6) is 1.26. The lowest BCUT2D eigenvalue weighted by atomic mass is 10.1. The second-order valence-electron chi connectivity index (χ2n) is 6.71. The van der Waals surface area contributed by atoms with E-state index >= 15 is 0 Å². The number of hydrogen-bond donors (Lipinski definition) is 1. The van der Waals surface area contributed by atoms with Gasteiger partial charge in [0.05, 0.1) is 18.2 Å². The Labute approximate surface area is 159 Å². The molecule has 0 aliphatic carbocycles. The SMILES string of the molecule is CC(C)N(CC(=O)Nc1ccc2c(c1)OCCO2)Cc1ccc(C#N)cc1. The van der Waals surface area contributed by atoms with Crippen molar-refractivity contribution >= 4 is 11.6 Å². The van der Waals surface area contributed by atoms with Crippen LogP contribution >= 0.6 is 0 Å². The molecule has 140 valence electrons. The number of nitrogens with one attached hydrogen (secondary N) is 1. The predicted molar refractivity (Wildman–Crippen MR) is 103 cm³/mol. The van der Waals surface area contributed by atoms with Crippen molar-refractivity contribution in [2.75, 3.05) is 25.1 Å². The van der Waals surface area contributed by atoms with Crippen LogP contribution in [-0.4, -0.2) is 36.6 Å². The molecule has 6 heteroatoms. The highest BCUT2D eigenvalue weighted by Gasteiger charge is 2.16. The number of nitriles is 1. The first-order valence-electron chi connectivity index (χ1n) is 8.98. The van der Waals surface area contributed by atoms with Crippen LogP contribution in [0.3, 0.4) is 0 Å². The molecule has 0 bridgehead atoms. The molecular weight excluding hydrogens is 342 g/mol. The smallest absolute Gasteiger partial charge is 0.238 e. The van der Waals surface area contributed by atoms with Crippen LogP contribution in [0.1, 0.15) is 25.0 Å². The van der Waals surface area contributed by atoms with E-state index in [-0.39, 0.29) is 18.5 Å². The molecule has 0 saturated heterocycles. The summed E-state index contributed by atoms with van der Waals surface area (Å²) < 4.78 is 11.0. The first-order valence-corrected chi connectivity index (χ1v) is 8.98. The molecule has 1 amide bonds. The third-order valence-electron chi connectivity index (χ3n) is 4.37. The van der Waals surface area contributed by atoms with Gasteiger partial charge in [0.2, 0.25) is 5.91 Å². The molecule has 1 N–H and O–H groups in total. The van der Waals surface area contributed by atoms with Crippen molar-refractivity contribution in [2.24, 2.45) is 0 Å². The van der Waals surface area contributed by atoms with Crippen LogP contribution in [0.5, 0.6) is 11.5 Å². The molecule has 0 spiro atoms. The maximum atomic E-state index is 12.5. The van der Waals surface area contributed by atoms with E-state index in [9.17, 15) is 4.79 Å². The van der Waals surface area contributed by atoms with Gasteiger partial charge in [-0.15, -0.1) is 0 Å². The number of fused-ring (bicyclic) bond motifs is 1. The number of rotatable bonds is 6. The zero-order chi connectivity index (χ0) is 19.2. The molecule has 2 aromatic rings. The Morgan fingerprint density at radius 1 is 1.15 bits per heavy atom. The Morgan fingerprint density at radius 2 is 1.85 bits per heavy atom. The van der Waals surface area contributed by atoms with Crippen LogP contribution in [0, 0.1) is 11.3 Å². The van der Waals surface area contributed by atoms with Gasteiger partial charge in [-0.2, -0.15) is 5.26 Å². The molecule has 0 unspecified atom stereocenters. The number of amides is 1. The summed E-state index contributed by atoms with van der Waals surface area (Å²) in [6.45, 7) is 6.07. The van der Waals surface area contributed by atoms with Crippen molar-refractivity contribution in [3.05, 3.63) is 53.6 Å². The number of ether oxygens (including phenoxy) is 2. The number of carbonyl (C=O) groups is 1. The molecule has 1 aliphatic heterocycles. The highest BCUT2D eigenvalue weighted by molar-refractivity contribution is 5.92. The molecule has 1 aliphatic rings. The van der Waals surface area contributed by atoms with E-state index in [4.69, 9.17) is 14.7 Å². The number of carbonyl (C=O) groups excluding carboxylic acids is 1. The van der Waals surface area contributed by atoms with Gasteiger partial charge < -0.3 is 14.8 Å². The van der Waals surface area contributed by atoms with Crippen molar-refractivity contribution in [1.29, 1.82) is 5.26 Å². The van der Waals surface area contributed by atoms with Gasteiger partial charge in [-0.3, -0.25) is 9.69 Å². The number of hydrogen-bond acceptors (Lipinski definition) is 5. The van der Waals surface area contributed by atoms with Gasteiger partial charge >= 0.3 is 0 Å². The molecule has 27 heavy (non-hydrogen) atoms. The Hall–Kier alpha value is -3.04. The number of anilines is 1. The Kier molecular flexibility index (Phi) is 5.94. The summed E-state index contributed by atoms with van der Waals surface area (Å²) in [6, 6.07) is 15.2. The van der Waals surface area contributed by atoms with E-state index < -0.39 is 0 Å². The van der Waals surface area contributed by atoms with Gasteiger partial charge in [-0.25, -0.2) is 0 Å². The quantitative estimate of drug-likeness (QED) is 0.851. The summed E-state index contributed by atoms with van der Waals surface area (Å²) in [6.07, 6.45) is 0. The molecule has 0 aromatic heterocycles. The lowest BCUT2D eigenvalue weighted by Crippen LogP contribution is -2.37. The molecule has 3 rings (SSSR count). The molecule has 1 heterocycles. The third-order valence-corrected chi connectivity index (χ3v) is 4.37. The van der Waals surface area contributed by atoms with Crippen molar-refractivity contribution in [3.8, 4) is 17.6 Å². The zero-order valence-corrected chi connectivity index (χ0v) is 15.6. The fourth-order valence-electron chi connectivity index (χ4n) is 2.85. The minimum Gasteiger partial charge on any atom is -0.486 e. The first-order chi connectivity index (χ1) is 13.0. The Bertz CT molecular complexity index is 841. The van der Waals surface area contributed by atoms with Gasteiger partial charge in [0.25, 0.3) is 0 Å². The van der Waals surface area contributed by atoms with Crippen LogP contribution < -0.4 is 14.8 Å². The monoisotopic (exact) mass is 365 g/mol. The lowest BCUT2D eigenvalue weighted by molar-refractivity contribution is -0.117. The molecular formula is C21H23N3O3. The average molecular weight is 365 g/mol. The first kappa shape index (κ1) is 18.7. The van der Waals surface area contributed by atoms with Crippen LogP contribution in [0.15, 0.2) is 42.5 Å². The van der Waals surface area contributed by atoms with Gasteiger partial charge in [-0.05, 0) is 43.7 Å². The van der Waals surface area contributed by atoms with E-state index in [1.165, 1.54) is 0 Å². The zero-order valence-electron chi connectivity index (χ0n) is 15.6. The second kappa shape index (κ2) is 8.56. The molecule has 0 fully saturated rings. The standard InChI is InChI=1S/C21H23N3O3/c1-15(2)24(13-17-5-3-16(12-22)4-6-17)14-21(25)23-18-7-8-19-20(11-18)27-10-9-26-19/h3-8,11,15H,9-10,13-14H2,1-2H3,(H,23,25). The van der Waals surface area contributed by atoms with Gasteiger partial charge in [0.1, 0.15) is 13.2 Å². The van der Waals surface area contributed by atoms with E-state index in [2.05, 4.69) is 30.1 Å². The fourth-order valence-corrected chi connectivity index (χ4v) is 2.85. The maximum absolute atomic E-state index is 12.5. The normalized spacial score (nSPS) is 12.7. The second-order valence-corrected chi connectivity index (χ2v) is 6.71. The van der Waals surface area contributed by atoms with Crippen molar-refractivity contribution in [2.45, 2.75) is 26.4 Å². The van der Waals surface area contributed by atoms with Gasteiger partial charge in [0, 0.05) is 24.3 Å².